The fourth-order valence-corrected chi connectivity index (χ4v) is 0. The molecule has 0 heterocycles. The van der Waals surface area contributed by atoms with Crippen LogP contribution in [0.25, 0.3) is 0 Å². The minimum Gasteiger partial charge on any atom is -0.356 e. The van der Waals surface area contributed by atoms with Crippen molar-refractivity contribution in [3.8, 4) is 0 Å². The molecule has 9 N–H and O–H groups in total. The van der Waals surface area contributed by atoms with Crippen LogP contribution < -0.4 is 18.5 Å². The molecule has 0 aliphatic carbocycles. The van der Waals surface area contributed by atoms with Crippen molar-refractivity contribution >= 4 is 0 Å². The molecular formula is H9CoN6O9. The molecule has 0 saturated heterocycles. The fourth-order valence-electron chi connectivity index (χ4n) is 0. The van der Waals surface area contributed by atoms with E-state index in [2.05, 4.69) is 0 Å². The average Bonchev–Trinajstić information content (AvgIpc) is 1.54. The zero-order chi connectivity index (χ0) is 10.7. The van der Waals surface area contributed by atoms with Gasteiger partial charge in [-0.3, -0.25) is 0 Å². The molecule has 16 heavy (non-hydrogen) atoms. The van der Waals surface area contributed by atoms with Crippen LogP contribution in [0.15, 0.2) is 0 Å². The minimum atomic E-state index is -1.75. The maximum absolute atomic E-state index is 8.25. The first kappa shape index (κ1) is 48.3. The summed E-state index contributed by atoms with van der Waals surface area (Å²) in [6, 6.07) is 0. The Morgan fingerprint density at radius 2 is 0.500 bits per heavy atom. The van der Waals surface area contributed by atoms with Gasteiger partial charge in [-0.25, -0.2) is 0 Å². The molecule has 15 nitrogen and oxygen atoms in total. The summed E-state index contributed by atoms with van der Waals surface area (Å²) in [4.78, 5) is 24.8. The molecule has 0 aromatic heterocycles. The normalized spacial score (nSPS) is 4.50. The van der Waals surface area contributed by atoms with E-state index in [0.29, 0.717) is 0 Å². The van der Waals surface area contributed by atoms with Gasteiger partial charge in [0.25, 0.3) is 0 Å². The van der Waals surface area contributed by atoms with Crippen LogP contribution in [0.5, 0.6) is 0 Å². The summed E-state index contributed by atoms with van der Waals surface area (Å²) < 4.78 is 0. The number of hydrogen-bond acceptors (Lipinski definition) is 12. The van der Waals surface area contributed by atoms with Crippen molar-refractivity contribution in [3.05, 3.63) is 46.0 Å². The summed E-state index contributed by atoms with van der Waals surface area (Å²) in [5.41, 5.74) is 0. The maximum Gasteiger partial charge on any atom is 3.00 e. The Bertz CT molecular complexity index is 118. The van der Waals surface area contributed by atoms with E-state index >= 15 is 0 Å². The molecule has 0 aromatic rings. The molecule has 0 aromatic carbocycles. The third kappa shape index (κ3) is 357. The molecule has 0 unspecified atom stereocenters. The van der Waals surface area contributed by atoms with Crippen LogP contribution in [0.4, 0.5) is 0 Å². The van der Waals surface area contributed by atoms with Crippen LogP contribution >= 0.6 is 0 Å². The second-order valence-corrected chi connectivity index (χ2v) is 0.671. The average molecular weight is 296 g/mol. The van der Waals surface area contributed by atoms with Crippen LogP contribution in [0, 0.1) is 46.0 Å². The van der Waals surface area contributed by atoms with Gasteiger partial charge in [0.15, 0.2) is 0 Å². The van der Waals surface area contributed by atoms with E-state index in [1.165, 1.54) is 0 Å². The standard InChI is InChI=1S/Co.3NO3.3H3N/c;3*2-1(3)4;;;/h;;;;3*1H3/q+3;3*-1;;;. The first-order chi connectivity index (χ1) is 5.20. The van der Waals surface area contributed by atoms with Crippen molar-refractivity contribution in [3.63, 3.8) is 0 Å². The SMILES string of the molecule is N.N.N.O=[N+]([O-])[O-].O=[N+]([O-])[O-].O=[N+]([O-])[O-].[Co+3]. The molecule has 0 aliphatic rings. The van der Waals surface area contributed by atoms with Crippen LogP contribution in [0.3, 0.4) is 0 Å². The van der Waals surface area contributed by atoms with Crippen LogP contribution in [-0.2, 0) is 16.8 Å². The van der Waals surface area contributed by atoms with Gasteiger partial charge >= 0.3 is 16.8 Å². The van der Waals surface area contributed by atoms with E-state index in [1.807, 2.05) is 0 Å². The predicted molar refractivity (Wildman–Crippen MR) is 46.2 cm³/mol. The predicted octanol–water partition coefficient (Wildman–Crippen LogP) is -0.234. The smallest absolute Gasteiger partial charge is 0.356 e. The molecule has 0 rings (SSSR count). The third-order valence-corrected chi connectivity index (χ3v) is 0. The molecule has 0 spiro atoms. The Morgan fingerprint density at radius 1 is 0.500 bits per heavy atom. The number of rotatable bonds is 0. The molecule has 102 valence electrons. The Labute approximate surface area is 97.3 Å². The van der Waals surface area contributed by atoms with E-state index < -0.39 is 15.3 Å². The van der Waals surface area contributed by atoms with Crippen LogP contribution in [0.1, 0.15) is 0 Å². The Kier molecular flexibility index (Phi) is 115. The summed E-state index contributed by atoms with van der Waals surface area (Å²) in [6.45, 7) is 0. The van der Waals surface area contributed by atoms with E-state index in [4.69, 9.17) is 46.0 Å². The van der Waals surface area contributed by atoms with Gasteiger partial charge in [-0.1, -0.05) is 0 Å². The van der Waals surface area contributed by atoms with Gasteiger partial charge in [-0.15, -0.1) is 0 Å². The first-order valence-electron chi connectivity index (χ1n) is 1.64. The van der Waals surface area contributed by atoms with E-state index in [0.717, 1.165) is 0 Å². The van der Waals surface area contributed by atoms with Gasteiger partial charge in [-0.2, -0.15) is 0 Å². The van der Waals surface area contributed by atoms with Crippen molar-refractivity contribution in [1.29, 1.82) is 0 Å². The summed E-state index contributed by atoms with van der Waals surface area (Å²) in [5.74, 6) is 0. The maximum atomic E-state index is 8.25. The molecule has 0 saturated carbocycles. The molecule has 0 fully saturated rings. The summed E-state index contributed by atoms with van der Waals surface area (Å²) in [7, 11) is 0. The van der Waals surface area contributed by atoms with Gasteiger partial charge in [0, 0.05) is 0 Å². The molecule has 0 amide bonds. The zero-order valence-corrected chi connectivity index (χ0v) is 8.51. The monoisotopic (exact) mass is 296 g/mol. The van der Waals surface area contributed by atoms with Gasteiger partial charge < -0.3 is 64.4 Å². The molecule has 0 aliphatic heterocycles. The largest absolute Gasteiger partial charge is 3.00 e. The zero-order valence-electron chi connectivity index (χ0n) is 7.47. The van der Waals surface area contributed by atoms with Gasteiger partial charge in [-0.05, 0) is 0 Å². The van der Waals surface area contributed by atoms with Crippen molar-refractivity contribution < 1.29 is 32.0 Å². The summed E-state index contributed by atoms with van der Waals surface area (Å²) in [5, 5.41) is 44.2. The molecule has 16 heteroatoms. The van der Waals surface area contributed by atoms with E-state index in [-0.39, 0.29) is 35.2 Å². The third-order valence-electron chi connectivity index (χ3n) is 0. The molecule has 0 radical (unpaired) electrons. The molecule has 0 atom stereocenters. The minimum absolute atomic E-state index is 0. The van der Waals surface area contributed by atoms with Crippen molar-refractivity contribution in [2.24, 2.45) is 0 Å². The van der Waals surface area contributed by atoms with Gasteiger partial charge in [0.2, 0.25) is 0 Å². The summed E-state index contributed by atoms with van der Waals surface area (Å²) in [6.07, 6.45) is 0. The number of hydrogen-bond donors (Lipinski definition) is 3. The van der Waals surface area contributed by atoms with E-state index in [9.17, 15) is 0 Å². The van der Waals surface area contributed by atoms with Crippen LogP contribution in [-0.4, -0.2) is 15.3 Å². The second-order valence-electron chi connectivity index (χ2n) is 0.671. The summed E-state index contributed by atoms with van der Waals surface area (Å²) >= 11 is 0. The second kappa shape index (κ2) is 38.2. The molecular weight excluding hydrogens is 287 g/mol. The molecule has 0 bridgehead atoms. The van der Waals surface area contributed by atoms with Crippen molar-refractivity contribution in [1.82, 2.24) is 18.5 Å². The van der Waals surface area contributed by atoms with Crippen molar-refractivity contribution in [2.45, 2.75) is 0 Å². The van der Waals surface area contributed by atoms with Crippen LogP contribution in [0.2, 0.25) is 0 Å². The Hall–Kier alpha value is -2.01. The quantitative estimate of drug-likeness (QED) is 0.385. The first-order valence-corrected chi connectivity index (χ1v) is 1.64. The van der Waals surface area contributed by atoms with Gasteiger partial charge in [0.1, 0.15) is 0 Å². The fraction of sp³-hybridized carbons (Fsp3) is 0. The van der Waals surface area contributed by atoms with Crippen molar-refractivity contribution in [2.75, 3.05) is 0 Å². The topological polar surface area (TPSA) is 304 Å². The van der Waals surface area contributed by atoms with Gasteiger partial charge in [0.05, 0.1) is 15.3 Å². The van der Waals surface area contributed by atoms with E-state index in [1.54, 1.807) is 0 Å². The number of nitrogens with zero attached hydrogens (tertiary/aromatic N) is 3. The Morgan fingerprint density at radius 3 is 0.500 bits per heavy atom. The Balaban J connectivity index is -0.0000000135.